The van der Waals surface area contributed by atoms with Crippen molar-refractivity contribution in [3.8, 4) is 0 Å². The molecule has 0 amide bonds. The molecule has 14 heavy (non-hydrogen) atoms. The average Bonchev–Trinajstić information content (AvgIpc) is 2.02. The third-order valence-electron chi connectivity index (χ3n) is 1.84. The number of rotatable bonds is 3. The lowest BCUT2D eigenvalue weighted by atomic mass is 10.1. The van der Waals surface area contributed by atoms with Crippen molar-refractivity contribution in [2.45, 2.75) is 11.3 Å². The summed E-state index contributed by atoms with van der Waals surface area (Å²) in [5.41, 5.74) is 6.07. The van der Waals surface area contributed by atoms with E-state index in [4.69, 9.17) is 17.3 Å². The van der Waals surface area contributed by atoms with E-state index in [9.17, 15) is 8.42 Å². The number of nitrogens with two attached hydrogens (primary N) is 1. The standard InChI is InChI=1S/C9H12ClNO2S/c1-14(12,13)9-3-2-8(10)6-7(9)4-5-11/h2-3,6H,4-5,11H2,1H3. The van der Waals surface area contributed by atoms with Gasteiger partial charge in [-0.05, 0) is 36.7 Å². The van der Waals surface area contributed by atoms with Crippen molar-refractivity contribution in [3.63, 3.8) is 0 Å². The summed E-state index contributed by atoms with van der Waals surface area (Å²) >= 11 is 5.77. The maximum atomic E-state index is 11.4. The zero-order valence-electron chi connectivity index (χ0n) is 7.83. The molecule has 0 unspecified atom stereocenters. The van der Waals surface area contributed by atoms with Crippen LogP contribution in [0.5, 0.6) is 0 Å². The Labute approximate surface area is 88.8 Å². The molecular formula is C9H12ClNO2S. The second kappa shape index (κ2) is 4.29. The van der Waals surface area contributed by atoms with Crippen LogP contribution in [-0.2, 0) is 16.3 Å². The van der Waals surface area contributed by atoms with Crippen LogP contribution in [0.4, 0.5) is 0 Å². The topological polar surface area (TPSA) is 60.2 Å². The van der Waals surface area contributed by atoms with E-state index >= 15 is 0 Å². The normalized spacial score (nSPS) is 11.6. The van der Waals surface area contributed by atoms with Crippen LogP contribution >= 0.6 is 11.6 Å². The molecule has 0 spiro atoms. The smallest absolute Gasteiger partial charge is 0.175 e. The van der Waals surface area contributed by atoms with Gasteiger partial charge in [-0.3, -0.25) is 0 Å². The fraction of sp³-hybridized carbons (Fsp3) is 0.333. The van der Waals surface area contributed by atoms with Gasteiger partial charge in [-0.1, -0.05) is 11.6 Å². The van der Waals surface area contributed by atoms with Gasteiger partial charge in [0.2, 0.25) is 0 Å². The Morgan fingerprint density at radius 3 is 2.57 bits per heavy atom. The second-order valence-electron chi connectivity index (χ2n) is 3.06. The molecule has 0 aromatic heterocycles. The van der Waals surface area contributed by atoms with Crippen LogP contribution in [0.1, 0.15) is 5.56 Å². The molecule has 0 aliphatic heterocycles. The zero-order chi connectivity index (χ0) is 10.8. The Morgan fingerprint density at radius 2 is 2.07 bits per heavy atom. The fourth-order valence-electron chi connectivity index (χ4n) is 1.26. The van der Waals surface area contributed by atoms with Crippen LogP contribution in [0, 0.1) is 0 Å². The monoisotopic (exact) mass is 233 g/mol. The second-order valence-corrected chi connectivity index (χ2v) is 5.48. The molecule has 0 atom stereocenters. The van der Waals surface area contributed by atoms with E-state index in [0.29, 0.717) is 28.4 Å². The highest BCUT2D eigenvalue weighted by Crippen LogP contribution is 2.20. The van der Waals surface area contributed by atoms with Crippen LogP contribution < -0.4 is 5.73 Å². The van der Waals surface area contributed by atoms with Gasteiger partial charge in [-0.15, -0.1) is 0 Å². The summed E-state index contributed by atoms with van der Waals surface area (Å²) in [7, 11) is -3.19. The third-order valence-corrected chi connectivity index (χ3v) is 3.27. The van der Waals surface area contributed by atoms with Crippen molar-refractivity contribution in [2.24, 2.45) is 5.73 Å². The van der Waals surface area contributed by atoms with Gasteiger partial charge in [0.1, 0.15) is 0 Å². The van der Waals surface area contributed by atoms with E-state index in [1.54, 1.807) is 12.1 Å². The molecule has 2 N–H and O–H groups in total. The number of sulfone groups is 1. The van der Waals surface area contributed by atoms with Crippen molar-refractivity contribution in [3.05, 3.63) is 28.8 Å². The molecule has 0 bridgehead atoms. The van der Waals surface area contributed by atoms with Gasteiger partial charge in [0.15, 0.2) is 9.84 Å². The van der Waals surface area contributed by atoms with Crippen LogP contribution in [0.3, 0.4) is 0 Å². The van der Waals surface area contributed by atoms with Gasteiger partial charge in [-0.25, -0.2) is 8.42 Å². The number of benzene rings is 1. The molecule has 0 radical (unpaired) electrons. The lowest BCUT2D eigenvalue weighted by molar-refractivity contribution is 0.600. The quantitative estimate of drug-likeness (QED) is 0.855. The first kappa shape index (κ1) is 11.5. The molecule has 1 rings (SSSR count). The van der Waals surface area contributed by atoms with E-state index in [2.05, 4.69) is 0 Å². The van der Waals surface area contributed by atoms with Crippen LogP contribution in [-0.4, -0.2) is 21.2 Å². The minimum Gasteiger partial charge on any atom is -0.330 e. The highest BCUT2D eigenvalue weighted by molar-refractivity contribution is 7.90. The molecule has 1 aromatic rings. The molecule has 0 saturated heterocycles. The maximum absolute atomic E-state index is 11.4. The highest BCUT2D eigenvalue weighted by Gasteiger charge is 2.12. The first-order valence-corrected chi connectivity index (χ1v) is 6.40. The highest BCUT2D eigenvalue weighted by atomic mass is 35.5. The number of halogens is 1. The Kier molecular flexibility index (Phi) is 3.53. The molecule has 0 aliphatic carbocycles. The van der Waals surface area contributed by atoms with E-state index < -0.39 is 9.84 Å². The van der Waals surface area contributed by atoms with Crippen molar-refractivity contribution in [1.29, 1.82) is 0 Å². The molecule has 1 aromatic carbocycles. The molecule has 5 heteroatoms. The average molecular weight is 234 g/mol. The largest absolute Gasteiger partial charge is 0.330 e. The van der Waals surface area contributed by atoms with Gasteiger partial charge < -0.3 is 5.73 Å². The van der Waals surface area contributed by atoms with Crippen LogP contribution in [0.2, 0.25) is 5.02 Å². The van der Waals surface area contributed by atoms with Crippen LogP contribution in [0.25, 0.3) is 0 Å². The van der Waals surface area contributed by atoms with Crippen molar-refractivity contribution < 1.29 is 8.42 Å². The summed E-state index contributed by atoms with van der Waals surface area (Å²) in [4.78, 5) is 0.312. The lowest BCUT2D eigenvalue weighted by Gasteiger charge is -2.06. The maximum Gasteiger partial charge on any atom is 0.175 e. The number of hydrogen-bond acceptors (Lipinski definition) is 3. The minimum absolute atomic E-state index is 0.312. The van der Waals surface area contributed by atoms with Crippen molar-refractivity contribution >= 4 is 21.4 Å². The Morgan fingerprint density at radius 1 is 1.43 bits per heavy atom. The summed E-state index contributed by atoms with van der Waals surface area (Å²) in [6.45, 7) is 0.406. The van der Waals surface area contributed by atoms with Crippen molar-refractivity contribution in [1.82, 2.24) is 0 Å². The van der Waals surface area contributed by atoms with Gasteiger partial charge >= 0.3 is 0 Å². The predicted molar refractivity (Wildman–Crippen MR) is 57.3 cm³/mol. The summed E-state index contributed by atoms with van der Waals surface area (Å²) in [5, 5.41) is 0.529. The Hall–Kier alpha value is -0.580. The summed E-state index contributed by atoms with van der Waals surface area (Å²) in [5.74, 6) is 0. The van der Waals surface area contributed by atoms with E-state index in [1.165, 1.54) is 12.3 Å². The Bertz CT molecular complexity index is 428. The lowest BCUT2D eigenvalue weighted by Crippen LogP contribution is -2.08. The third kappa shape index (κ3) is 2.70. The molecule has 0 saturated carbocycles. The predicted octanol–water partition coefficient (Wildman–Crippen LogP) is 1.24. The SMILES string of the molecule is CS(=O)(=O)c1ccc(Cl)cc1CCN. The molecule has 0 heterocycles. The Balaban J connectivity index is 3.29. The molecule has 0 aliphatic rings. The van der Waals surface area contributed by atoms with Gasteiger partial charge in [-0.2, -0.15) is 0 Å². The van der Waals surface area contributed by atoms with Gasteiger partial charge in [0.25, 0.3) is 0 Å². The molecule has 78 valence electrons. The van der Waals surface area contributed by atoms with Gasteiger partial charge in [0, 0.05) is 11.3 Å². The van der Waals surface area contributed by atoms with Crippen molar-refractivity contribution in [2.75, 3.05) is 12.8 Å². The number of hydrogen-bond donors (Lipinski definition) is 1. The van der Waals surface area contributed by atoms with E-state index in [0.717, 1.165) is 0 Å². The molecule has 0 fully saturated rings. The summed E-state index contributed by atoms with van der Waals surface area (Å²) in [6, 6.07) is 4.73. The van der Waals surface area contributed by atoms with E-state index in [1.807, 2.05) is 0 Å². The van der Waals surface area contributed by atoms with Crippen LogP contribution in [0.15, 0.2) is 23.1 Å². The molecule has 3 nitrogen and oxygen atoms in total. The first-order chi connectivity index (χ1) is 6.45. The zero-order valence-corrected chi connectivity index (χ0v) is 9.40. The fourth-order valence-corrected chi connectivity index (χ4v) is 2.41. The molecular weight excluding hydrogens is 222 g/mol. The minimum atomic E-state index is -3.19. The van der Waals surface area contributed by atoms with Gasteiger partial charge in [0.05, 0.1) is 4.90 Å². The first-order valence-electron chi connectivity index (χ1n) is 4.13. The summed E-state index contributed by atoms with van der Waals surface area (Å²) in [6.07, 6.45) is 1.69. The van der Waals surface area contributed by atoms with E-state index in [-0.39, 0.29) is 0 Å². The summed E-state index contributed by atoms with van der Waals surface area (Å²) < 4.78 is 22.7.